The molecule has 0 N–H and O–H groups in total. The van der Waals surface area contributed by atoms with Crippen molar-refractivity contribution >= 4 is 43.6 Å². The lowest BCUT2D eigenvalue weighted by atomic mass is 9.80. The number of nitrogens with zero attached hydrogens (tertiary/aromatic N) is 4. The normalized spacial score (nSPS) is 13.6. The maximum atomic E-state index is 4.91. The molecule has 2 aliphatic rings. The predicted molar refractivity (Wildman–Crippen MR) is 341 cm³/mol. The van der Waals surface area contributed by atoms with Crippen LogP contribution in [0.2, 0.25) is 0 Å². The Morgan fingerprint density at radius 2 is 0.500 bits per heavy atom. The van der Waals surface area contributed by atoms with E-state index in [1.807, 2.05) is 36.9 Å². The summed E-state index contributed by atoms with van der Waals surface area (Å²) >= 11 is 0. The number of hydrogen-bond donors (Lipinski definition) is 0. The molecule has 0 saturated carbocycles. The molecule has 0 saturated heterocycles. The molecule has 0 aliphatic heterocycles. The maximum Gasteiger partial charge on any atom is 0.0964 e. The fourth-order valence-corrected chi connectivity index (χ4v) is 13.4. The predicted octanol–water partition coefficient (Wildman–Crippen LogP) is 20.2. The van der Waals surface area contributed by atoms with Crippen LogP contribution in [0.3, 0.4) is 0 Å². The summed E-state index contributed by atoms with van der Waals surface area (Å²) in [5, 5.41) is 4.39. The molecule has 16 rings (SSSR count). The first-order valence-electron chi connectivity index (χ1n) is 28.4. The summed E-state index contributed by atoms with van der Waals surface area (Å²) in [6.45, 7) is 9.49. The van der Waals surface area contributed by atoms with Gasteiger partial charge >= 0.3 is 0 Å². The third-order valence-electron chi connectivity index (χ3n) is 18.0. The summed E-state index contributed by atoms with van der Waals surface area (Å²) in [6.07, 6.45) is 7.64. The van der Waals surface area contributed by atoms with Crippen molar-refractivity contribution < 1.29 is 0 Å². The van der Waals surface area contributed by atoms with E-state index in [0.29, 0.717) is 0 Å². The topological polar surface area (TPSA) is 51.6 Å². The molecule has 386 valence electrons. The molecular weight excluding hydrogens is 993 g/mol. The van der Waals surface area contributed by atoms with Crippen molar-refractivity contribution in [2.45, 2.75) is 38.5 Å². The molecule has 4 heterocycles. The van der Waals surface area contributed by atoms with Gasteiger partial charge in [0, 0.05) is 68.3 Å². The monoisotopic (exact) mass is 1050 g/mol. The minimum Gasteiger partial charge on any atom is -0.254 e. The van der Waals surface area contributed by atoms with Crippen molar-refractivity contribution in [3.8, 4) is 100 Å². The van der Waals surface area contributed by atoms with E-state index in [2.05, 4.69) is 256 Å². The van der Waals surface area contributed by atoms with Crippen molar-refractivity contribution in [2.75, 3.05) is 0 Å². The van der Waals surface area contributed by atoms with Crippen LogP contribution >= 0.6 is 0 Å². The van der Waals surface area contributed by atoms with Gasteiger partial charge in [0.1, 0.15) is 0 Å². The lowest BCUT2D eigenvalue weighted by molar-refractivity contribution is 0.660. The van der Waals surface area contributed by atoms with Gasteiger partial charge in [-0.1, -0.05) is 198 Å². The van der Waals surface area contributed by atoms with Crippen LogP contribution in [0.5, 0.6) is 0 Å². The quantitative estimate of drug-likeness (QED) is 0.149. The van der Waals surface area contributed by atoms with Crippen LogP contribution in [-0.2, 0) is 10.8 Å². The Morgan fingerprint density at radius 1 is 0.220 bits per heavy atom. The van der Waals surface area contributed by atoms with E-state index in [-0.39, 0.29) is 10.8 Å². The zero-order valence-corrected chi connectivity index (χ0v) is 46.0. The Labute approximate surface area is 477 Å². The fourth-order valence-electron chi connectivity index (χ4n) is 13.4. The highest BCUT2D eigenvalue weighted by atomic mass is 14.7. The Kier molecular flexibility index (Phi) is 10.6. The minimum atomic E-state index is -0.168. The first-order chi connectivity index (χ1) is 40.1. The van der Waals surface area contributed by atoms with Gasteiger partial charge in [0.05, 0.1) is 22.1 Å². The van der Waals surface area contributed by atoms with E-state index < -0.39 is 0 Å². The van der Waals surface area contributed by atoms with E-state index in [9.17, 15) is 0 Å². The highest BCUT2D eigenvalue weighted by Crippen LogP contribution is 2.53. The summed E-state index contributed by atoms with van der Waals surface area (Å²) < 4.78 is 0. The van der Waals surface area contributed by atoms with Crippen molar-refractivity contribution in [3.05, 3.63) is 278 Å². The molecule has 0 fully saturated rings. The standard InChI is InChI=1S/C78H54N4/c1-77(2)69-41-57(27-31-65(69)67-33-29-59(43-71(67)77)53-9-5-11-55(37-53)63-39-61-25-23-51-13-7-35-79-73(51)75(61)81-45-63)49-19-15-47(16-20-49)48-17-21-50(22-18-48)58-28-32-66-68-34-30-60(44-72(68)78(3,4)70(66)42-58)54-10-6-12-56(38-54)64-40-62-26-24-52-14-8-36-80-74(52)76(62)82-46-64/h5-46H,1-4H3. The van der Waals surface area contributed by atoms with E-state index >= 15 is 0 Å². The molecule has 10 aromatic carbocycles. The van der Waals surface area contributed by atoms with Gasteiger partial charge in [-0.15, -0.1) is 0 Å². The third-order valence-corrected chi connectivity index (χ3v) is 18.0. The highest BCUT2D eigenvalue weighted by molar-refractivity contribution is 6.05. The Hall–Kier alpha value is -10.2. The molecule has 0 atom stereocenters. The second-order valence-corrected chi connectivity index (χ2v) is 23.5. The number of fused-ring (bicyclic) bond motifs is 12. The van der Waals surface area contributed by atoms with Crippen LogP contribution in [-0.4, -0.2) is 19.9 Å². The first-order valence-corrected chi connectivity index (χ1v) is 28.4. The fraction of sp³-hybridized carbons (Fsp3) is 0.0769. The van der Waals surface area contributed by atoms with Crippen molar-refractivity contribution in [1.29, 1.82) is 0 Å². The molecule has 2 aliphatic carbocycles. The van der Waals surface area contributed by atoms with Gasteiger partial charge < -0.3 is 0 Å². The SMILES string of the molecule is CC1(C)c2cc(-c3ccc(-c4ccc(-c5ccc6c(c5)C(C)(C)c5cc(-c7cccc(-c8cnc9c(ccc%10cccnc%109)c8)c7)ccc5-6)cc4)cc3)ccc2-c2ccc(-c3cccc(-c4cnc5c(ccc6cccnc65)c4)c3)cc21. The first kappa shape index (κ1) is 47.8. The second-order valence-electron chi connectivity index (χ2n) is 23.5. The summed E-state index contributed by atoms with van der Waals surface area (Å²) in [5.41, 5.74) is 30.7. The Bertz CT molecular complexity index is 4660. The number of rotatable bonds is 7. The van der Waals surface area contributed by atoms with E-state index in [1.54, 1.807) is 0 Å². The van der Waals surface area contributed by atoms with E-state index in [0.717, 1.165) is 65.9 Å². The molecule has 4 nitrogen and oxygen atoms in total. The van der Waals surface area contributed by atoms with Crippen LogP contribution in [0.15, 0.2) is 255 Å². The molecule has 14 aromatic rings. The second kappa shape index (κ2) is 18.2. The molecule has 0 unspecified atom stereocenters. The van der Waals surface area contributed by atoms with Gasteiger partial charge in [-0.3, -0.25) is 19.9 Å². The van der Waals surface area contributed by atoms with Gasteiger partial charge in [-0.05, 0) is 172 Å². The highest BCUT2D eigenvalue weighted by Gasteiger charge is 2.37. The number of aromatic nitrogens is 4. The zero-order chi connectivity index (χ0) is 54.8. The van der Waals surface area contributed by atoms with Gasteiger partial charge in [-0.25, -0.2) is 0 Å². The van der Waals surface area contributed by atoms with Crippen LogP contribution in [0.1, 0.15) is 49.9 Å². The third kappa shape index (κ3) is 7.66. The average Bonchev–Trinajstić information content (AvgIpc) is 3.90. The van der Waals surface area contributed by atoms with Crippen molar-refractivity contribution in [1.82, 2.24) is 19.9 Å². The van der Waals surface area contributed by atoms with Crippen LogP contribution in [0, 0.1) is 0 Å². The number of hydrogen-bond acceptors (Lipinski definition) is 4. The molecular formula is C78H54N4. The molecule has 0 bridgehead atoms. The summed E-state index contributed by atoms with van der Waals surface area (Å²) in [4.78, 5) is 19.1. The Morgan fingerprint density at radius 3 is 0.866 bits per heavy atom. The van der Waals surface area contributed by atoms with Gasteiger partial charge in [-0.2, -0.15) is 0 Å². The smallest absolute Gasteiger partial charge is 0.0964 e. The maximum absolute atomic E-state index is 4.91. The number of benzene rings is 10. The van der Waals surface area contributed by atoms with Gasteiger partial charge in [0.2, 0.25) is 0 Å². The van der Waals surface area contributed by atoms with Gasteiger partial charge in [0.15, 0.2) is 0 Å². The molecule has 0 spiro atoms. The van der Waals surface area contributed by atoms with E-state index in [1.165, 1.54) is 100 Å². The Balaban J connectivity index is 0.617. The number of pyridine rings is 4. The van der Waals surface area contributed by atoms with Crippen molar-refractivity contribution in [3.63, 3.8) is 0 Å². The molecule has 0 radical (unpaired) electrons. The zero-order valence-electron chi connectivity index (χ0n) is 46.0. The largest absolute Gasteiger partial charge is 0.254 e. The average molecular weight is 1050 g/mol. The summed E-state index contributed by atoms with van der Waals surface area (Å²) in [7, 11) is 0. The van der Waals surface area contributed by atoms with E-state index in [4.69, 9.17) is 9.97 Å². The van der Waals surface area contributed by atoms with Gasteiger partial charge in [0.25, 0.3) is 0 Å². The lowest BCUT2D eigenvalue weighted by Crippen LogP contribution is -2.15. The molecule has 82 heavy (non-hydrogen) atoms. The van der Waals surface area contributed by atoms with Crippen molar-refractivity contribution in [2.24, 2.45) is 0 Å². The minimum absolute atomic E-state index is 0.168. The molecule has 4 aromatic heterocycles. The van der Waals surface area contributed by atoms with Crippen LogP contribution < -0.4 is 0 Å². The van der Waals surface area contributed by atoms with Crippen LogP contribution in [0.25, 0.3) is 144 Å². The van der Waals surface area contributed by atoms with Crippen LogP contribution in [0.4, 0.5) is 0 Å². The summed E-state index contributed by atoms with van der Waals surface area (Å²) in [5.74, 6) is 0. The molecule has 4 heteroatoms. The summed E-state index contributed by atoms with van der Waals surface area (Å²) in [6, 6.07) is 85.2. The molecule has 0 amide bonds. The lowest BCUT2D eigenvalue weighted by Gasteiger charge is -2.23.